The van der Waals surface area contributed by atoms with Crippen molar-refractivity contribution in [1.82, 2.24) is 10.2 Å². The van der Waals surface area contributed by atoms with Crippen molar-refractivity contribution in [3.63, 3.8) is 0 Å². The predicted molar refractivity (Wildman–Crippen MR) is 77.5 cm³/mol. The molecule has 1 aliphatic rings. The topological polar surface area (TPSA) is 75.7 Å². The molecule has 1 fully saturated rings. The van der Waals surface area contributed by atoms with Crippen molar-refractivity contribution in [3.05, 3.63) is 0 Å². The SMILES string of the molecule is C[C@H](NC(=O)CCN1CCSC1=O)C(=O)OC(C)(C)C. The fourth-order valence-corrected chi connectivity index (χ4v) is 2.48. The molecular formula is C13H22N2O4S. The Hall–Kier alpha value is -1.24. The minimum atomic E-state index is -0.689. The van der Waals surface area contributed by atoms with Gasteiger partial charge in [-0.1, -0.05) is 11.8 Å². The third-order valence-corrected chi connectivity index (χ3v) is 3.48. The summed E-state index contributed by atoms with van der Waals surface area (Å²) in [5.74, 6) is 0.0566. The van der Waals surface area contributed by atoms with Gasteiger partial charge in [0.2, 0.25) is 5.91 Å². The van der Waals surface area contributed by atoms with Crippen molar-refractivity contribution in [2.24, 2.45) is 0 Å². The van der Waals surface area contributed by atoms with E-state index in [0.717, 1.165) is 5.75 Å². The van der Waals surface area contributed by atoms with E-state index >= 15 is 0 Å². The number of carbonyl (C=O) groups excluding carboxylic acids is 3. The number of esters is 1. The molecule has 0 radical (unpaired) electrons. The van der Waals surface area contributed by atoms with Gasteiger partial charge in [-0.15, -0.1) is 0 Å². The summed E-state index contributed by atoms with van der Waals surface area (Å²) in [6, 6.07) is -0.689. The van der Waals surface area contributed by atoms with Gasteiger partial charge in [0, 0.05) is 25.3 Å². The standard InChI is InChI=1S/C13H22N2O4S/c1-9(11(17)19-13(2,3)4)14-10(16)5-6-15-7-8-20-12(15)18/h9H,5-8H2,1-4H3,(H,14,16)/t9-/m0/s1. The zero-order valence-corrected chi connectivity index (χ0v) is 13.2. The largest absolute Gasteiger partial charge is 0.458 e. The summed E-state index contributed by atoms with van der Waals surface area (Å²) in [5, 5.41) is 2.59. The maximum atomic E-state index is 11.7. The van der Waals surface area contributed by atoms with Crippen molar-refractivity contribution < 1.29 is 19.1 Å². The van der Waals surface area contributed by atoms with Gasteiger partial charge >= 0.3 is 5.97 Å². The summed E-state index contributed by atoms with van der Waals surface area (Å²) in [6.45, 7) is 7.97. The van der Waals surface area contributed by atoms with E-state index in [2.05, 4.69) is 5.32 Å². The van der Waals surface area contributed by atoms with Crippen LogP contribution in [-0.2, 0) is 14.3 Å². The molecule has 1 rings (SSSR count). The molecule has 20 heavy (non-hydrogen) atoms. The first-order valence-electron chi connectivity index (χ1n) is 6.63. The van der Waals surface area contributed by atoms with Gasteiger partial charge < -0.3 is 15.0 Å². The molecule has 0 saturated carbocycles. The van der Waals surface area contributed by atoms with Crippen LogP contribution in [0.5, 0.6) is 0 Å². The molecule has 6 nitrogen and oxygen atoms in total. The molecule has 0 aromatic carbocycles. The average Bonchev–Trinajstić information content (AvgIpc) is 2.70. The number of rotatable bonds is 5. The molecular weight excluding hydrogens is 280 g/mol. The lowest BCUT2D eigenvalue weighted by Gasteiger charge is -2.23. The monoisotopic (exact) mass is 302 g/mol. The fourth-order valence-electron chi connectivity index (χ4n) is 1.63. The Balaban J connectivity index is 2.30. The Morgan fingerprint density at radius 3 is 2.60 bits per heavy atom. The molecule has 1 atom stereocenters. The zero-order valence-electron chi connectivity index (χ0n) is 12.4. The first kappa shape index (κ1) is 16.8. The van der Waals surface area contributed by atoms with Gasteiger partial charge in [0.1, 0.15) is 11.6 Å². The van der Waals surface area contributed by atoms with Gasteiger partial charge in [-0.3, -0.25) is 9.59 Å². The molecule has 1 aliphatic heterocycles. The number of thioether (sulfide) groups is 1. The van der Waals surface area contributed by atoms with E-state index < -0.39 is 17.6 Å². The van der Waals surface area contributed by atoms with Gasteiger partial charge in [0.15, 0.2) is 0 Å². The smallest absolute Gasteiger partial charge is 0.328 e. The van der Waals surface area contributed by atoms with Crippen LogP contribution in [0.25, 0.3) is 0 Å². The molecule has 1 saturated heterocycles. The summed E-state index contributed by atoms with van der Waals surface area (Å²) in [5.41, 5.74) is -0.574. The molecule has 0 aliphatic carbocycles. The second-order valence-electron chi connectivity index (χ2n) is 5.67. The number of carbonyl (C=O) groups is 3. The molecule has 1 heterocycles. The summed E-state index contributed by atoms with van der Waals surface area (Å²) in [6.07, 6.45) is 0.194. The maximum Gasteiger partial charge on any atom is 0.328 e. The van der Waals surface area contributed by atoms with Crippen molar-refractivity contribution >= 4 is 28.9 Å². The molecule has 0 unspecified atom stereocenters. The number of hydrogen-bond acceptors (Lipinski definition) is 5. The zero-order chi connectivity index (χ0) is 15.3. The van der Waals surface area contributed by atoms with E-state index in [9.17, 15) is 14.4 Å². The summed E-state index contributed by atoms with van der Waals surface area (Å²) < 4.78 is 5.17. The Bertz CT molecular complexity index is 392. The van der Waals surface area contributed by atoms with E-state index in [1.807, 2.05) is 0 Å². The van der Waals surface area contributed by atoms with E-state index in [0.29, 0.717) is 13.1 Å². The van der Waals surface area contributed by atoms with Crippen LogP contribution < -0.4 is 5.32 Å². The van der Waals surface area contributed by atoms with Crippen molar-refractivity contribution in [1.29, 1.82) is 0 Å². The highest BCUT2D eigenvalue weighted by atomic mass is 32.2. The Morgan fingerprint density at radius 1 is 1.45 bits per heavy atom. The predicted octanol–water partition coefficient (Wildman–Crippen LogP) is 1.39. The minimum absolute atomic E-state index is 0.0120. The maximum absolute atomic E-state index is 11.7. The molecule has 114 valence electrons. The highest BCUT2D eigenvalue weighted by Crippen LogP contribution is 2.17. The lowest BCUT2D eigenvalue weighted by atomic mass is 10.2. The third kappa shape index (κ3) is 5.81. The fraction of sp³-hybridized carbons (Fsp3) is 0.769. The molecule has 0 aromatic heterocycles. The van der Waals surface area contributed by atoms with Gasteiger partial charge in [0.25, 0.3) is 5.24 Å². The van der Waals surface area contributed by atoms with Crippen LogP contribution in [0.1, 0.15) is 34.1 Å². The second kappa shape index (κ2) is 6.97. The van der Waals surface area contributed by atoms with Crippen LogP contribution in [0, 0.1) is 0 Å². The highest BCUT2D eigenvalue weighted by molar-refractivity contribution is 8.13. The molecule has 2 amide bonds. The number of nitrogens with one attached hydrogen (secondary N) is 1. The number of hydrogen-bond donors (Lipinski definition) is 1. The van der Waals surface area contributed by atoms with Crippen molar-refractivity contribution in [2.75, 3.05) is 18.8 Å². The highest BCUT2D eigenvalue weighted by Gasteiger charge is 2.24. The van der Waals surface area contributed by atoms with E-state index in [-0.39, 0.29) is 17.6 Å². The van der Waals surface area contributed by atoms with Gasteiger partial charge in [0.05, 0.1) is 0 Å². The van der Waals surface area contributed by atoms with Gasteiger partial charge in [-0.05, 0) is 27.7 Å². The molecule has 0 bridgehead atoms. The summed E-state index contributed by atoms with van der Waals surface area (Å²) >= 11 is 1.26. The Morgan fingerprint density at radius 2 is 2.10 bits per heavy atom. The lowest BCUT2D eigenvalue weighted by Crippen LogP contribution is -2.43. The van der Waals surface area contributed by atoms with E-state index in [4.69, 9.17) is 4.74 Å². The normalized spacial score (nSPS) is 17.0. The van der Waals surface area contributed by atoms with Crippen LogP contribution in [0.2, 0.25) is 0 Å². The van der Waals surface area contributed by atoms with E-state index in [1.165, 1.54) is 11.8 Å². The average molecular weight is 302 g/mol. The van der Waals surface area contributed by atoms with Crippen LogP contribution in [0.3, 0.4) is 0 Å². The molecule has 0 aromatic rings. The molecule has 7 heteroatoms. The minimum Gasteiger partial charge on any atom is -0.458 e. The van der Waals surface area contributed by atoms with Crippen molar-refractivity contribution in [3.8, 4) is 0 Å². The number of nitrogens with zero attached hydrogens (tertiary/aromatic N) is 1. The van der Waals surface area contributed by atoms with Gasteiger partial charge in [-0.2, -0.15) is 0 Å². The first-order chi connectivity index (χ1) is 9.19. The number of amides is 2. The first-order valence-corrected chi connectivity index (χ1v) is 7.61. The molecule has 0 spiro atoms. The van der Waals surface area contributed by atoms with Crippen LogP contribution in [0.15, 0.2) is 0 Å². The lowest BCUT2D eigenvalue weighted by molar-refractivity contribution is -0.158. The van der Waals surface area contributed by atoms with Crippen LogP contribution in [-0.4, -0.2) is 52.5 Å². The van der Waals surface area contributed by atoms with Crippen LogP contribution in [0.4, 0.5) is 4.79 Å². The molecule has 1 N–H and O–H groups in total. The summed E-state index contributed by atoms with van der Waals surface area (Å²) in [4.78, 5) is 36.4. The Labute approximate surface area is 123 Å². The third-order valence-electron chi connectivity index (χ3n) is 2.59. The Kier molecular flexibility index (Phi) is 5.86. The van der Waals surface area contributed by atoms with Crippen LogP contribution >= 0.6 is 11.8 Å². The second-order valence-corrected chi connectivity index (χ2v) is 6.72. The summed E-state index contributed by atoms with van der Waals surface area (Å²) in [7, 11) is 0. The van der Waals surface area contributed by atoms with Crippen molar-refractivity contribution in [2.45, 2.75) is 45.8 Å². The quantitative estimate of drug-likeness (QED) is 0.777. The van der Waals surface area contributed by atoms with Gasteiger partial charge in [-0.25, -0.2) is 4.79 Å². The number of ether oxygens (including phenoxy) is 1. The van der Waals surface area contributed by atoms with E-state index in [1.54, 1.807) is 32.6 Å².